The zero-order valence-corrected chi connectivity index (χ0v) is 57.0. The Bertz CT molecular complexity index is 1700. The zero-order valence-electron chi connectivity index (χ0n) is 55.2. The molecule has 17 nitrogen and oxygen atoms in total. The van der Waals surface area contributed by atoms with E-state index in [2.05, 4.69) is 55.4 Å². The van der Waals surface area contributed by atoms with Crippen LogP contribution in [-0.2, 0) is 65.4 Å². The van der Waals surface area contributed by atoms with Gasteiger partial charge in [-0.15, -0.1) is 0 Å². The van der Waals surface area contributed by atoms with Crippen molar-refractivity contribution in [2.45, 2.75) is 337 Å². The van der Waals surface area contributed by atoms with Crippen LogP contribution in [0.2, 0.25) is 0 Å². The number of aliphatic hydroxyl groups is 1. The molecular formula is C66H128O17P2. The number of carbonyl (C=O) groups is 4. The van der Waals surface area contributed by atoms with Gasteiger partial charge in [0.05, 0.1) is 26.4 Å². The van der Waals surface area contributed by atoms with Gasteiger partial charge in [0, 0.05) is 25.7 Å². The van der Waals surface area contributed by atoms with E-state index in [4.69, 9.17) is 37.0 Å². The van der Waals surface area contributed by atoms with E-state index in [1.165, 1.54) is 116 Å². The van der Waals surface area contributed by atoms with Gasteiger partial charge in [0.1, 0.15) is 19.3 Å². The molecule has 0 saturated carbocycles. The van der Waals surface area contributed by atoms with Crippen LogP contribution in [0.5, 0.6) is 0 Å². The second kappa shape index (κ2) is 56.1. The predicted molar refractivity (Wildman–Crippen MR) is 340 cm³/mol. The summed E-state index contributed by atoms with van der Waals surface area (Å²) < 4.78 is 68.1. The molecule has 0 bridgehead atoms. The summed E-state index contributed by atoms with van der Waals surface area (Å²) in [5, 5.41) is 10.5. The third-order valence-electron chi connectivity index (χ3n) is 15.8. The average molecular weight is 1260 g/mol. The van der Waals surface area contributed by atoms with Gasteiger partial charge < -0.3 is 33.8 Å². The van der Waals surface area contributed by atoms with Crippen molar-refractivity contribution in [2.24, 2.45) is 23.7 Å². The van der Waals surface area contributed by atoms with Crippen molar-refractivity contribution in [1.29, 1.82) is 0 Å². The molecule has 0 aromatic heterocycles. The standard InChI is InChI=1S/C66H128O17P2/c1-9-58(7)44-36-28-19-13-11-12-14-21-30-38-46-63(68)76-52-61(82-65(70)48-40-32-22-16-15-20-29-37-45-59(8)10-2)54-80-84(72,73)78-50-60(67)51-79-85(74,75)81-55-62(83-66(71)49-41-33-25-24-27-35-43-57(5)6)53-77-64(69)47-39-31-23-17-18-26-34-42-56(3)4/h56-62,67H,9-55H2,1-8H3,(H,72,73)(H,74,75)/t58?,59?,60?,61-,62-/m1/s1. The molecule has 0 aliphatic carbocycles. The molecule has 85 heavy (non-hydrogen) atoms. The molecule has 0 spiro atoms. The molecule has 7 atom stereocenters. The van der Waals surface area contributed by atoms with Gasteiger partial charge in [-0.05, 0) is 49.4 Å². The van der Waals surface area contributed by atoms with E-state index in [0.29, 0.717) is 37.5 Å². The molecule has 0 aliphatic heterocycles. The Morgan fingerprint density at radius 1 is 0.329 bits per heavy atom. The first-order valence-corrected chi connectivity index (χ1v) is 37.3. The summed E-state index contributed by atoms with van der Waals surface area (Å²) in [6.45, 7) is 14.0. The lowest BCUT2D eigenvalue weighted by Crippen LogP contribution is -2.30. The van der Waals surface area contributed by atoms with Crippen LogP contribution in [0.25, 0.3) is 0 Å². The van der Waals surface area contributed by atoms with Gasteiger partial charge in [-0.2, -0.15) is 0 Å². The van der Waals surface area contributed by atoms with Crippen LogP contribution in [0.1, 0.15) is 319 Å². The van der Waals surface area contributed by atoms with Gasteiger partial charge in [-0.1, -0.05) is 267 Å². The largest absolute Gasteiger partial charge is 0.472 e. The van der Waals surface area contributed by atoms with Crippen LogP contribution in [0.15, 0.2) is 0 Å². The number of hydrogen-bond acceptors (Lipinski definition) is 15. The summed E-state index contributed by atoms with van der Waals surface area (Å²) in [4.78, 5) is 72.3. The quantitative estimate of drug-likeness (QED) is 0.0222. The van der Waals surface area contributed by atoms with E-state index >= 15 is 0 Å². The molecule has 0 radical (unpaired) electrons. The van der Waals surface area contributed by atoms with E-state index in [0.717, 1.165) is 108 Å². The average Bonchev–Trinajstić information content (AvgIpc) is 3.58. The first kappa shape index (κ1) is 83.1. The number of phosphoric ester groups is 2. The van der Waals surface area contributed by atoms with Gasteiger partial charge in [0.2, 0.25) is 0 Å². The monoisotopic (exact) mass is 1250 g/mol. The maximum Gasteiger partial charge on any atom is 0.472 e. The number of carbonyl (C=O) groups excluding carboxylic acids is 4. The number of hydrogen-bond donors (Lipinski definition) is 3. The van der Waals surface area contributed by atoms with Crippen molar-refractivity contribution in [1.82, 2.24) is 0 Å². The molecule has 0 rings (SSSR count). The van der Waals surface area contributed by atoms with Gasteiger partial charge >= 0.3 is 39.5 Å². The molecule has 5 unspecified atom stereocenters. The fourth-order valence-electron chi connectivity index (χ4n) is 9.72. The summed E-state index contributed by atoms with van der Waals surface area (Å²) >= 11 is 0. The molecule has 19 heteroatoms. The topological polar surface area (TPSA) is 237 Å². The highest BCUT2D eigenvalue weighted by molar-refractivity contribution is 7.47. The van der Waals surface area contributed by atoms with E-state index in [1.807, 2.05) is 0 Å². The van der Waals surface area contributed by atoms with Crippen molar-refractivity contribution in [3.63, 3.8) is 0 Å². The fourth-order valence-corrected chi connectivity index (χ4v) is 11.3. The van der Waals surface area contributed by atoms with Crippen LogP contribution in [0, 0.1) is 23.7 Å². The highest BCUT2D eigenvalue weighted by atomic mass is 31.2. The fraction of sp³-hybridized carbons (Fsp3) is 0.939. The molecule has 0 aromatic carbocycles. The summed E-state index contributed by atoms with van der Waals surface area (Å²) in [7, 11) is -9.89. The summed E-state index contributed by atoms with van der Waals surface area (Å²) in [5.41, 5.74) is 0. The minimum absolute atomic E-state index is 0.101. The van der Waals surface area contributed by atoms with Gasteiger partial charge in [0.15, 0.2) is 12.2 Å². The molecule has 0 fully saturated rings. The van der Waals surface area contributed by atoms with E-state index in [1.54, 1.807) is 0 Å². The van der Waals surface area contributed by atoms with Crippen molar-refractivity contribution >= 4 is 39.5 Å². The van der Waals surface area contributed by atoms with Crippen LogP contribution < -0.4 is 0 Å². The second-order valence-corrected chi connectivity index (χ2v) is 28.2. The minimum atomic E-state index is -4.95. The van der Waals surface area contributed by atoms with Crippen LogP contribution in [0.4, 0.5) is 0 Å². The summed E-state index contributed by atoms with van der Waals surface area (Å²) in [6.07, 6.45) is 36.3. The number of esters is 4. The molecular weight excluding hydrogens is 1130 g/mol. The lowest BCUT2D eigenvalue weighted by atomic mass is 9.99. The lowest BCUT2D eigenvalue weighted by Gasteiger charge is -2.21. The van der Waals surface area contributed by atoms with Crippen molar-refractivity contribution in [2.75, 3.05) is 39.6 Å². The number of ether oxygens (including phenoxy) is 4. The summed E-state index contributed by atoms with van der Waals surface area (Å²) in [5.74, 6) is 0.813. The highest BCUT2D eigenvalue weighted by Crippen LogP contribution is 2.45. The molecule has 0 aromatic rings. The van der Waals surface area contributed by atoms with E-state index in [-0.39, 0.29) is 25.7 Å². The van der Waals surface area contributed by atoms with Gasteiger partial charge in [-0.3, -0.25) is 37.3 Å². The van der Waals surface area contributed by atoms with Crippen LogP contribution >= 0.6 is 15.6 Å². The van der Waals surface area contributed by atoms with Crippen molar-refractivity contribution in [3.05, 3.63) is 0 Å². The van der Waals surface area contributed by atoms with Crippen molar-refractivity contribution < 1.29 is 80.2 Å². The highest BCUT2D eigenvalue weighted by Gasteiger charge is 2.30. The van der Waals surface area contributed by atoms with Crippen LogP contribution in [0.3, 0.4) is 0 Å². The lowest BCUT2D eigenvalue weighted by molar-refractivity contribution is -0.161. The van der Waals surface area contributed by atoms with E-state index in [9.17, 15) is 43.2 Å². The molecule has 0 amide bonds. The molecule has 0 aliphatic rings. The Morgan fingerprint density at radius 3 is 0.835 bits per heavy atom. The van der Waals surface area contributed by atoms with Crippen LogP contribution in [-0.4, -0.2) is 96.7 Å². The zero-order chi connectivity index (χ0) is 63.2. The van der Waals surface area contributed by atoms with Gasteiger partial charge in [0.25, 0.3) is 0 Å². The number of aliphatic hydroxyl groups excluding tert-OH is 1. The number of phosphoric acid groups is 2. The molecule has 504 valence electrons. The third kappa shape index (κ3) is 58.2. The third-order valence-corrected chi connectivity index (χ3v) is 17.7. The Labute approximate surface area is 517 Å². The van der Waals surface area contributed by atoms with Crippen molar-refractivity contribution in [3.8, 4) is 0 Å². The minimum Gasteiger partial charge on any atom is -0.462 e. The summed E-state index contributed by atoms with van der Waals surface area (Å²) in [6, 6.07) is 0. The Kier molecular flexibility index (Phi) is 54.8. The molecule has 0 saturated heterocycles. The Morgan fingerprint density at radius 2 is 0.565 bits per heavy atom. The first-order chi connectivity index (χ1) is 40.7. The normalized spacial score (nSPS) is 15.0. The SMILES string of the molecule is CCC(C)CCCCCCCCCCCCC(=O)OC[C@H](COP(=O)(O)OCC(O)COP(=O)(O)OC[C@@H](COC(=O)CCCCCCCCCC(C)C)OC(=O)CCCCCCCCC(C)C)OC(=O)CCCCCCCCCCC(C)CC. The maximum atomic E-state index is 13.0. The van der Waals surface area contributed by atoms with E-state index < -0.39 is 97.5 Å². The molecule has 3 N–H and O–H groups in total. The first-order valence-electron chi connectivity index (χ1n) is 34.3. The number of unbranched alkanes of at least 4 members (excludes halogenated alkanes) is 27. The second-order valence-electron chi connectivity index (χ2n) is 25.3. The Balaban J connectivity index is 5.25. The molecule has 0 heterocycles. The number of rotatable bonds is 63. The predicted octanol–water partition coefficient (Wildman–Crippen LogP) is 18.1. The maximum absolute atomic E-state index is 13.0. The smallest absolute Gasteiger partial charge is 0.462 e. The van der Waals surface area contributed by atoms with Gasteiger partial charge in [-0.25, -0.2) is 9.13 Å². The Hall–Kier alpha value is -1.94.